The topological polar surface area (TPSA) is 89.8 Å². The van der Waals surface area contributed by atoms with E-state index < -0.39 is 5.91 Å². The molecule has 0 saturated carbocycles. The standard InChI is InChI=1S/C16H17N5O2S2/c1-4-21-8-11(12(22)10-7-6-9(3)17-13(10)21)14(23)18-15-19-20-16(25-15)24-5-2/h6-8H,4-5H2,1-3H3,(H,18,19,23). The maximum Gasteiger partial charge on any atom is 0.262 e. The van der Waals surface area contributed by atoms with Crippen LogP contribution in [0, 0.1) is 6.92 Å². The van der Waals surface area contributed by atoms with E-state index in [1.54, 1.807) is 34.7 Å². The summed E-state index contributed by atoms with van der Waals surface area (Å²) in [6.45, 7) is 6.42. The van der Waals surface area contributed by atoms with Gasteiger partial charge >= 0.3 is 0 Å². The minimum atomic E-state index is -0.487. The summed E-state index contributed by atoms with van der Waals surface area (Å²) in [5, 5.41) is 11.4. The van der Waals surface area contributed by atoms with Gasteiger partial charge < -0.3 is 4.57 Å². The zero-order valence-electron chi connectivity index (χ0n) is 14.1. The fourth-order valence-corrected chi connectivity index (χ4v) is 4.01. The molecule has 130 valence electrons. The Bertz CT molecular complexity index is 996. The van der Waals surface area contributed by atoms with Gasteiger partial charge in [-0.15, -0.1) is 10.2 Å². The highest BCUT2D eigenvalue weighted by Gasteiger charge is 2.17. The maximum atomic E-state index is 12.7. The summed E-state index contributed by atoms with van der Waals surface area (Å²) in [5.41, 5.74) is 1.14. The van der Waals surface area contributed by atoms with Crippen LogP contribution in [0.15, 0.2) is 27.5 Å². The Balaban J connectivity index is 1.99. The van der Waals surface area contributed by atoms with Gasteiger partial charge in [0.05, 0.1) is 5.39 Å². The van der Waals surface area contributed by atoms with E-state index in [0.29, 0.717) is 22.7 Å². The summed E-state index contributed by atoms with van der Waals surface area (Å²) in [5.74, 6) is 0.389. The zero-order chi connectivity index (χ0) is 18.0. The van der Waals surface area contributed by atoms with Crippen LogP contribution in [0.1, 0.15) is 29.9 Å². The van der Waals surface area contributed by atoms with Crippen molar-refractivity contribution in [2.24, 2.45) is 0 Å². The molecule has 1 amide bonds. The highest BCUT2D eigenvalue weighted by Crippen LogP contribution is 2.25. The predicted molar refractivity (Wildman–Crippen MR) is 101 cm³/mol. The van der Waals surface area contributed by atoms with Gasteiger partial charge in [0.1, 0.15) is 11.2 Å². The van der Waals surface area contributed by atoms with Gasteiger partial charge in [-0.1, -0.05) is 30.0 Å². The fraction of sp³-hybridized carbons (Fsp3) is 0.312. The van der Waals surface area contributed by atoms with Gasteiger partial charge in [0, 0.05) is 18.4 Å². The number of amides is 1. The number of thioether (sulfide) groups is 1. The van der Waals surface area contributed by atoms with Crippen LogP contribution in [0.25, 0.3) is 11.0 Å². The molecule has 0 aliphatic carbocycles. The lowest BCUT2D eigenvalue weighted by Gasteiger charge is -2.10. The molecule has 3 heterocycles. The van der Waals surface area contributed by atoms with Gasteiger partial charge in [-0.2, -0.15) is 0 Å². The number of nitrogens with zero attached hydrogens (tertiary/aromatic N) is 4. The zero-order valence-corrected chi connectivity index (χ0v) is 15.7. The Morgan fingerprint density at radius 1 is 1.32 bits per heavy atom. The van der Waals surface area contributed by atoms with Crippen molar-refractivity contribution in [2.75, 3.05) is 11.1 Å². The molecule has 0 fully saturated rings. The molecular weight excluding hydrogens is 358 g/mol. The lowest BCUT2D eigenvalue weighted by atomic mass is 10.1. The van der Waals surface area contributed by atoms with Gasteiger partial charge in [0.25, 0.3) is 5.91 Å². The van der Waals surface area contributed by atoms with Crippen LogP contribution >= 0.6 is 23.1 Å². The Kier molecular flexibility index (Phi) is 5.14. The monoisotopic (exact) mass is 375 g/mol. The van der Waals surface area contributed by atoms with Crippen molar-refractivity contribution < 1.29 is 4.79 Å². The average Bonchev–Trinajstić information content (AvgIpc) is 3.02. The van der Waals surface area contributed by atoms with E-state index in [4.69, 9.17) is 0 Å². The largest absolute Gasteiger partial charge is 0.332 e. The summed E-state index contributed by atoms with van der Waals surface area (Å²) in [7, 11) is 0. The minimum Gasteiger partial charge on any atom is -0.332 e. The van der Waals surface area contributed by atoms with Crippen LogP contribution in [-0.4, -0.2) is 31.4 Å². The number of hydrogen-bond acceptors (Lipinski definition) is 7. The molecule has 0 radical (unpaired) electrons. The molecule has 1 N–H and O–H groups in total. The number of aromatic nitrogens is 4. The molecule has 3 rings (SSSR count). The molecule has 9 heteroatoms. The molecular formula is C16H17N5O2S2. The second-order valence-corrected chi connectivity index (χ2v) is 7.73. The van der Waals surface area contributed by atoms with E-state index in [1.165, 1.54) is 11.3 Å². The Morgan fingerprint density at radius 2 is 2.12 bits per heavy atom. The van der Waals surface area contributed by atoms with Crippen molar-refractivity contribution in [3.63, 3.8) is 0 Å². The van der Waals surface area contributed by atoms with Crippen molar-refractivity contribution in [1.82, 2.24) is 19.7 Å². The summed E-state index contributed by atoms with van der Waals surface area (Å²) in [6.07, 6.45) is 1.55. The van der Waals surface area contributed by atoms with Gasteiger partial charge in [0.15, 0.2) is 4.34 Å². The predicted octanol–water partition coefficient (Wildman–Crippen LogP) is 2.94. The van der Waals surface area contributed by atoms with Crippen LogP contribution in [0.2, 0.25) is 0 Å². The highest BCUT2D eigenvalue weighted by atomic mass is 32.2. The summed E-state index contributed by atoms with van der Waals surface area (Å²) in [6, 6.07) is 3.48. The van der Waals surface area contributed by atoms with Gasteiger partial charge in [0.2, 0.25) is 10.6 Å². The second-order valence-electron chi connectivity index (χ2n) is 5.24. The van der Waals surface area contributed by atoms with Crippen LogP contribution in [-0.2, 0) is 6.54 Å². The lowest BCUT2D eigenvalue weighted by molar-refractivity contribution is 0.102. The molecule has 25 heavy (non-hydrogen) atoms. The normalized spacial score (nSPS) is 11.0. The molecule has 3 aromatic rings. The molecule has 0 aromatic carbocycles. The molecule has 0 saturated heterocycles. The number of nitrogens with one attached hydrogen (secondary N) is 1. The van der Waals surface area contributed by atoms with Crippen molar-refractivity contribution >= 4 is 45.2 Å². The number of pyridine rings is 2. The first-order chi connectivity index (χ1) is 12.0. The van der Waals surface area contributed by atoms with Crippen LogP contribution < -0.4 is 10.7 Å². The smallest absolute Gasteiger partial charge is 0.262 e. The van der Waals surface area contributed by atoms with Crippen molar-refractivity contribution in [2.45, 2.75) is 31.7 Å². The molecule has 0 aliphatic rings. The first-order valence-electron chi connectivity index (χ1n) is 7.82. The fourth-order valence-electron chi connectivity index (χ4n) is 2.37. The van der Waals surface area contributed by atoms with Crippen LogP contribution in [0.4, 0.5) is 5.13 Å². The number of rotatable bonds is 5. The number of aryl methyl sites for hydroxylation is 2. The van der Waals surface area contributed by atoms with E-state index in [2.05, 4.69) is 20.5 Å². The average molecular weight is 375 g/mol. The third-order valence-corrected chi connectivity index (χ3v) is 5.39. The third-order valence-electron chi connectivity index (χ3n) is 3.54. The maximum absolute atomic E-state index is 12.7. The SMILES string of the molecule is CCSc1nnc(NC(=O)c2cn(CC)c3nc(C)ccc3c2=O)s1. The molecule has 0 spiro atoms. The second kappa shape index (κ2) is 7.32. The van der Waals surface area contributed by atoms with Gasteiger partial charge in [-0.3, -0.25) is 14.9 Å². The van der Waals surface area contributed by atoms with E-state index in [1.807, 2.05) is 20.8 Å². The van der Waals surface area contributed by atoms with Crippen molar-refractivity contribution in [1.29, 1.82) is 0 Å². The summed E-state index contributed by atoms with van der Waals surface area (Å²) >= 11 is 2.84. The van der Waals surface area contributed by atoms with Crippen LogP contribution in [0.5, 0.6) is 0 Å². The molecule has 3 aromatic heterocycles. The van der Waals surface area contributed by atoms with Crippen molar-refractivity contribution in [3.8, 4) is 0 Å². The molecule has 0 atom stereocenters. The molecule has 0 unspecified atom stereocenters. The number of fused-ring (bicyclic) bond motifs is 1. The quantitative estimate of drug-likeness (QED) is 0.545. The molecule has 7 nitrogen and oxygen atoms in total. The molecule has 0 aliphatic heterocycles. The number of carbonyl (C=O) groups is 1. The van der Waals surface area contributed by atoms with Gasteiger partial charge in [-0.05, 0) is 31.7 Å². The van der Waals surface area contributed by atoms with E-state index in [9.17, 15) is 9.59 Å². The Hall–Kier alpha value is -2.26. The van der Waals surface area contributed by atoms with Crippen molar-refractivity contribution in [3.05, 3.63) is 39.8 Å². The number of hydrogen-bond donors (Lipinski definition) is 1. The lowest BCUT2D eigenvalue weighted by Crippen LogP contribution is -2.24. The number of carbonyl (C=O) groups excluding carboxylic acids is 1. The summed E-state index contributed by atoms with van der Waals surface area (Å²) in [4.78, 5) is 29.7. The Morgan fingerprint density at radius 3 is 2.84 bits per heavy atom. The third kappa shape index (κ3) is 3.57. The van der Waals surface area contributed by atoms with E-state index in [-0.39, 0.29) is 11.0 Å². The number of anilines is 1. The molecule has 0 bridgehead atoms. The minimum absolute atomic E-state index is 0.0693. The Labute approximate surface area is 152 Å². The van der Waals surface area contributed by atoms with Gasteiger partial charge in [-0.25, -0.2) is 4.98 Å². The first kappa shape index (κ1) is 17.6. The first-order valence-corrected chi connectivity index (χ1v) is 9.62. The van der Waals surface area contributed by atoms with Crippen LogP contribution in [0.3, 0.4) is 0 Å². The highest BCUT2D eigenvalue weighted by molar-refractivity contribution is 8.01. The summed E-state index contributed by atoms with van der Waals surface area (Å²) < 4.78 is 2.58. The van der Waals surface area contributed by atoms with E-state index >= 15 is 0 Å². The van der Waals surface area contributed by atoms with E-state index in [0.717, 1.165) is 15.8 Å².